The number of fused-ring (bicyclic) bond motifs is 1. The van der Waals surface area contributed by atoms with Crippen molar-refractivity contribution in [3.8, 4) is 11.5 Å². The van der Waals surface area contributed by atoms with Gasteiger partial charge in [0.05, 0.1) is 26.9 Å². The van der Waals surface area contributed by atoms with Crippen LogP contribution in [0.1, 0.15) is 17.2 Å². The lowest BCUT2D eigenvalue weighted by Crippen LogP contribution is -2.46. The van der Waals surface area contributed by atoms with Gasteiger partial charge in [-0.05, 0) is 25.6 Å². The van der Waals surface area contributed by atoms with E-state index in [1.165, 1.54) is 11.1 Å². The molecule has 122 valence electrons. The smallest absolute Gasteiger partial charge is 0.125 e. The highest BCUT2D eigenvalue weighted by Gasteiger charge is 2.29. The fourth-order valence-electron chi connectivity index (χ4n) is 3.40. The molecule has 22 heavy (non-hydrogen) atoms. The van der Waals surface area contributed by atoms with Gasteiger partial charge >= 0.3 is 0 Å². The zero-order valence-electron chi connectivity index (χ0n) is 13.8. The van der Waals surface area contributed by atoms with Crippen LogP contribution in [-0.4, -0.2) is 70.4 Å². The van der Waals surface area contributed by atoms with Gasteiger partial charge in [-0.2, -0.15) is 0 Å². The zero-order chi connectivity index (χ0) is 15.5. The molecule has 0 radical (unpaired) electrons. The Labute approximate surface area is 132 Å². The van der Waals surface area contributed by atoms with Crippen LogP contribution in [0.15, 0.2) is 12.1 Å². The maximum atomic E-state index is 6.09. The highest BCUT2D eigenvalue weighted by atomic mass is 16.5. The Morgan fingerprint density at radius 1 is 1.09 bits per heavy atom. The van der Waals surface area contributed by atoms with E-state index in [1.54, 1.807) is 14.2 Å². The number of likely N-dealkylation sites (N-methyl/N-ethyl adjacent to an activating group) is 1. The first kappa shape index (κ1) is 15.6. The molecule has 0 N–H and O–H groups in total. The summed E-state index contributed by atoms with van der Waals surface area (Å²) < 4.78 is 17.2. The molecule has 2 aliphatic heterocycles. The van der Waals surface area contributed by atoms with Gasteiger partial charge in [-0.1, -0.05) is 0 Å². The highest BCUT2D eigenvalue weighted by molar-refractivity contribution is 5.51. The van der Waals surface area contributed by atoms with Crippen molar-refractivity contribution in [2.45, 2.75) is 12.5 Å². The topological polar surface area (TPSA) is 34.2 Å². The summed E-state index contributed by atoms with van der Waals surface area (Å²) in [5, 5.41) is 0. The number of piperazine rings is 1. The molecule has 0 bridgehead atoms. The molecule has 5 nitrogen and oxygen atoms in total. The van der Waals surface area contributed by atoms with Crippen molar-refractivity contribution >= 4 is 0 Å². The fourth-order valence-corrected chi connectivity index (χ4v) is 3.40. The predicted molar refractivity (Wildman–Crippen MR) is 85.9 cm³/mol. The van der Waals surface area contributed by atoms with E-state index >= 15 is 0 Å². The molecule has 1 aromatic carbocycles. The van der Waals surface area contributed by atoms with Crippen LogP contribution < -0.4 is 9.47 Å². The van der Waals surface area contributed by atoms with Crippen LogP contribution in [0.25, 0.3) is 0 Å². The minimum atomic E-state index is 0.0669. The Hall–Kier alpha value is -1.30. The van der Waals surface area contributed by atoms with Gasteiger partial charge in [-0.25, -0.2) is 0 Å². The van der Waals surface area contributed by atoms with Gasteiger partial charge in [-0.3, -0.25) is 4.90 Å². The summed E-state index contributed by atoms with van der Waals surface area (Å²) in [6, 6.07) is 3.99. The lowest BCUT2D eigenvalue weighted by atomic mass is 9.95. The third-order valence-corrected chi connectivity index (χ3v) is 4.73. The molecule has 1 atom stereocenters. The molecule has 3 rings (SSSR count). The van der Waals surface area contributed by atoms with Gasteiger partial charge in [0.15, 0.2) is 0 Å². The number of nitrogens with zero attached hydrogens (tertiary/aromatic N) is 2. The number of benzene rings is 1. The van der Waals surface area contributed by atoms with Crippen molar-refractivity contribution < 1.29 is 14.2 Å². The van der Waals surface area contributed by atoms with Crippen molar-refractivity contribution in [3.05, 3.63) is 23.3 Å². The first-order valence-corrected chi connectivity index (χ1v) is 7.99. The van der Waals surface area contributed by atoms with Gasteiger partial charge in [0.1, 0.15) is 11.5 Å². The first-order chi connectivity index (χ1) is 10.7. The molecular weight excluding hydrogens is 280 g/mol. The van der Waals surface area contributed by atoms with E-state index in [2.05, 4.69) is 16.8 Å². The quantitative estimate of drug-likeness (QED) is 0.843. The standard InChI is InChI=1S/C17H26N2O3/c1-18-7-9-19(10-8-18)12-16-17-13(6-11-22-16)14(20-2)4-5-15(17)21-3/h4-5,16H,6-12H2,1-3H3. The van der Waals surface area contributed by atoms with Crippen LogP contribution >= 0.6 is 0 Å². The summed E-state index contributed by atoms with van der Waals surface area (Å²) in [5.41, 5.74) is 2.42. The van der Waals surface area contributed by atoms with Gasteiger partial charge < -0.3 is 19.1 Å². The number of rotatable bonds is 4. The monoisotopic (exact) mass is 306 g/mol. The summed E-state index contributed by atoms with van der Waals surface area (Å²) in [5.74, 6) is 1.86. The normalized spacial score (nSPS) is 23.1. The second kappa shape index (κ2) is 6.86. The average molecular weight is 306 g/mol. The summed E-state index contributed by atoms with van der Waals surface area (Å²) >= 11 is 0. The molecule has 1 fully saturated rings. The van der Waals surface area contributed by atoms with Crippen LogP contribution in [0.5, 0.6) is 11.5 Å². The number of methoxy groups -OCH3 is 2. The first-order valence-electron chi connectivity index (χ1n) is 7.99. The molecule has 0 spiro atoms. The molecule has 0 saturated carbocycles. The summed E-state index contributed by atoms with van der Waals surface area (Å²) in [6.45, 7) is 6.10. The largest absolute Gasteiger partial charge is 0.496 e. The number of ether oxygens (including phenoxy) is 3. The highest BCUT2D eigenvalue weighted by Crippen LogP contribution is 2.40. The maximum absolute atomic E-state index is 6.09. The molecule has 0 aliphatic carbocycles. The second-order valence-electron chi connectivity index (χ2n) is 6.08. The van der Waals surface area contributed by atoms with E-state index in [1.807, 2.05) is 12.1 Å². The Balaban J connectivity index is 1.83. The number of hydrogen-bond donors (Lipinski definition) is 0. The van der Waals surface area contributed by atoms with E-state index in [0.29, 0.717) is 0 Å². The minimum absolute atomic E-state index is 0.0669. The fraction of sp³-hybridized carbons (Fsp3) is 0.647. The summed E-state index contributed by atoms with van der Waals surface area (Å²) in [4.78, 5) is 4.86. The van der Waals surface area contributed by atoms with Gasteiger partial charge in [0.25, 0.3) is 0 Å². The van der Waals surface area contributed by atoms with E-state index in [-0.39, 0.29) is 6.10 Å². The Morgan fingerprint density at radius 3 is 2.45 bits per heavy atom. The van der Waals surface area contributed by atoms with E-state index in [0.717, 1.165) is 57.3 Å². The predicted octanol–water partition coefficient (Wildman–Crippen LogP) is 1.56. The zero-order valence-corrected chi connectivity index (χ0v) is 13.8. The van der Waals surface area contributed by atoms with Crippen LogP contribution in [0.3, 0.4) is 0 Å². The van der Waals surface area contributed by atoms with Crippen molar-refractivity contribution in [3.63, 3.8) is 0 Å². The van der Waals surface area contributed by atoms with Crippen LogP contribution in [0.2, 0.25) is 0 Å². The van der Waals surface area contributed by atoms with Crippen LogP contribution in [0.4, 0.5) is 0 Å². The SMILES string of the molecule is COc1ccc(OC)c2c1CCOC2CN1CCN(C)CC1. The van der Waals surface area contributed by atoms with E-state index < -0.39 is 0 Å². The molecule has 1 unspecified atom stereocenters. The molecule has 0 amide bonds. The van der Waals surface area contributed by atoms with Crippen molar-refractivity contribution in [1.82, 2.24) is 9.80 Å². The molecule has 2 heterocycles. The van der Waals surface area contributed by atoms with E-state index in [9.17, 15) is 0 Å². The van der Waals surface area contributed by atoms with Crippen molar-refractivity contribution in [1.29, 1.82) is 0 Å². The lowest BCUT2D eigenvalue weighted by molar-refractivity contribution is 0.00470. The lowest BCUT2D eigenvalue weighted by Gasteiger charge is -2.36. The Bertz CT molecular complexity index is 513. The third kappa shape index (κ3) is 3.07. The van der Waals surface area contributed by atoms with Gasteiger partial charge in [-0.15, -0.1) is 0 Å². The Morgan fingerprint density at radius 2 is 1.77 bits per heavy atom. The average Bonchev–Trinajstić information content (AvgIpc) is 2.56. The van der Waals surface area contributed by atoms with Crippen LogP contribution in [0, 0.1) is 0 Å². The molecule has 1 saturated heterocycles. The molecular formula is C17H26N2O3. The maximum Gasteiger partial charge on any atom is 0.125 e. The van der Waals surface area contributed by atoms with E-state index in [4.69, 9.17) is 14.2 Å². The van der Waals surface area contributed by atoms with Gasteiger partial charge in [0, 0.05) is 43.9 Å². The molecule has 0 aromatic heterocycles. The second-order valence-corrected chi connectivity index (χ2v) is 6.08. The Kier molecular flexibility index (Phi) is 4.86. The molecule has 1 aromatic rings. The number of hydrogen-bond acceptors (Lipinski definition) is 5. The third-order valence-electron chi connectivity index (χ3n) is 4.73. The van der Waals surface area contributed by atoms with Crippen molar-refractivity contribution in [2.24, 2.45) is 0 Å². The van der Waals surface area contributed by atoms with Crippen LogP contribution in [-0.2, 0) is 11.2 Å². The van der Waals surface area contributed by atoms with Crippen molar-refractivity contribution in [2.75, 3.05) is 60.6 Å². The molecule has 2 aliphatic rings. The van der Waals surface area contributed by atoms with Gasteiger partial charge in [0.2, 0.25) is 0 Å². The summed E-state index contributed by atoms with van der Waals surface area (Å²) in [7, 11) is 5.63. The minimum Gasteiger partial charge on any atom is -0.496 e. The summed E-state index contributed by atoms with van der Waals surface area (Å²) in [6.07, 6.45) is 0.951. The molecule has 5 heteroatoms.